The number of aliphatic hydroxyl groups excluding tert-OH is 1. The molecule has 1 unspecified atom stereocenters. The van der Waals surface area contributed by atoms with Crippen LogP contribution in [0.2, 0.25) is 0 Å². The SMILES string of the molecule is CCCCC/C=C\C/C=C\C/C=C\CCCCC(=O)O[C@H](COC(=O)CCCCCCC/C=C\CCCCCC)COP(=O)(O)OC[C@@H](O)COP(=O)(O)O. The molecule has 0 bridgehead atoms. The fourth-order valence-corrected chi connectivity index (χ4v) is 6.21. The van der Waals surface area contributed by atoms with Crippen molar-refractivity contribution in [2.24, 2.45) is 0 Å². The number of aliphatic hydroxyl groups is 1. The number of allylic oxidation sites excluding steroid dienone is 8. The van der Waals surface area contributed by atoms with Gasteiger partial charge in [0.05, 0.1) is 19.8 Å². The number of esters is 2. The molecular formula is C40H72O13P2. The van der Waals surface area contributed by atoms with E-state index in [4.69, 9.17) is 23.8 Å². The third kappa shape index (κ3) is 40.1. The van der Waals surface area contributed by atoms with Gasteiger partial charge in [0.15, 0.2) is 6.10 Å². The van der Waals surface area contributed by atoms with E-state index in [0.29, 0.717) is 12.8 Å². The van der Waals surface area contributed by atoms with E-state index in [1.807, 2.05) is 0 Å². The number of rotatable bonds is 38. The maximum Gasteiger partial charge on any atom is 0.472 e. The molecule has 0 fully saturated rings. The highest BCUT2D eigenvalue weighted by Crippen LogP contribution is 2.43. The molecule has 4 N–H and O–H groups in total. The Morgan fingerprint density at radius 3 is 1.55 bits per heavy atom. The molecule has 0 aromatic carbocycles. The van der Waals surface area contributed by atoms with Gasteiger partial charge in [-0.1, -0.05) is 114 Å². The summed E-state index contributed by atoms with van der Waals surface area (Å²) >= 11 is 0. The molecule has 0 spiro atoms. The number of carbonyl (C=O) groups excluding carboxylic acids is 2. The highest BCUT2D eigenvalue weighted by atomic mass is 31.2. The second-order valence-corrected chi connectivity index (χ2v) is 16.2. The monoisotopic (exact) mass is 822 g/mol. The smallest absolute Gasteiger partial charge is 0.462 e. The average Bonchev–Trinajstić information content (AvgIpc) is 3.14. The third-order valence-electron chi connectivity index (χ3n) is 8.18. The molecule has 3 atom stereocenters. The molecule has 0 aromatic rings. The Balaban J connectivity index is 4.65. The molecule has 0 heterocycles. The summed E-state index contributed by atoms with van der Waals surface area (Å²) in [4.78, 5) is 52.5. The van der Waals surface area contributed by atoms with E-state index in [9.17, 15) is 28.7 Å². The van der Waals surface area contributed by atoms with Crippen LogP contribution in [0.15, 0.2) is 48.6 Å². The van der Waals surface area contributed by atoms with Crippen LogP contribution >= 0.6 is 15.6 Å². The Hall–Kier alpha value is -1.92. The topological polar surface area (TPSA) is 195 Å². The molecule has 0 aliphatic heterocycles. The molecule has 55 heavy (non-hydrogen) atoms. The van der Waals surface area contributed by atoms with Gasteiger partial charge >= 0.3 is 27.6 Å². The molecule has 0 amide bonds. The van der Waals surface area contributed by atoms with Crippen molar-refractivity contribution in [3.63, 3.8) is 0 Å². The predicted octanol–water partition coefficient (Wildman–Crippen LogP) is 9.89. The fourth-order valence-electron chi connectivity index (χ4n) is 5.05. The van der Waals surface area contributed by atoms with Crippen molar-refractivity contribution >= 4 is 27.6 Å². The first-order chi connectivity index (χ1) is 26.4. The molecule has 0 saturated carbocycles. The first kappa shape index (κ1) is 53.1. The van der Waals surface area contributed by atoms with E-state index in [1.54, 1.807) is 0 Å². The molecule has 0 rings (SSSR count). The summed E-state index contributed by atoms with van der Waals surface area (Å²) in [6.45, 7) is 1.65. The number of ether oxygens (including phenoxy) is 2. The Morgan fingerprint density at radius 1 is 0.527 bits per heavy atom. The van der Waals surface area contributed by atoms with Crippen molar-refractivity contribution < 1.29 is 61.6 Å². The standard InChI is InChI=1S/C40H72O13P2/c1-3-5-7-9-11-13-15-17-18-20-22-24-26-28-30-32-40(43)53-38(36-52-55(47,48)51-34-37(41)33-50-54(44,45)46)35-49-39(42)31-29-27-25-23-21-19-16-14-12-10-8-6-4-2/h11,13-14,16-18,22,24,37-38,41H,3-10,12,15,19-21,23,25-36H2,1-2H3,(H,47,48)(H2,44,45,46)/b13-11-,16-14-,18-17-,24-22-/t37-,38+/m0/s1. The van der Waals surface area contributed by atoms with Crippen LogP contribution in [0, 0.1) is 0 Å². The van der Waals surface area contributed by atoms with Crippen LogP contribution in [-0.2, 0) is 41.8 Å². The minimum absolute atomic E-state index is 0.0799. The zero-order valence-corrected chi connectivity index (χ0v) is 35.3. The van der Waals surface area contributed by atoms with Gasteiger partial charge in [-0.05, 0) is 77.0 Å². The van der Waals surface area contributed by atoms with Crippen molar-refractivity contribution in [1.82, 2.24) is 0 Å². The van der Waals surface area contributed by atoms with Crippen molar-refractivity contribution in [2.75, 3.05) is 26.4 Å². The lowest BCUT2D eigenvalue weighted by molar-refractivity contribution is -0.161. The minimum Gasteiger partial charge on any atom is -0.462 e. The van der Waals surface area contributed by atoms with Crippen molar-refractivity contribution in [1.29, 1.82) is 0 Å². The van der Waals surface area contributed by atoms with Crippen molar-refractivity contribution in [3.05, 3.63) is 48.6 Å². The highest BCUT2D eigenvalue weighted by Gasteiger charge is 2.28. The van der Waals surface area contributed by atoms with Gasteiger partial charge in [-0.15, -0.1) is 0 Å². The summed E-state index contributed by atoms with van der Waals surface area (Å²) in [6.07, 6.45) is 35.4. The second kappa shape index (κ2) is 36.4. The van der Waals surface area contributed by atoms with E-state index < -0.39 is 66.2 Å². The van der Waals surface area contributed by atoms with Crippen LogP contribution in [0.5, 0.6) is 0 Å². The summed E-state index contributed by atoms with van der Waals surface area (Å²) in [5.41, 5.74) is 0. The first-order valence-electron chi connectivity index (χ1n) is 20.3. The average molecular weight is 823 g/mol. The number of hydrogen-bond donors (Lipinski definition) is 4. The molecule has 0 aliphatic rings. The van der Waals surface area contributed by atoms with Gasteiger partial charge in [0.2, 0.25) is 0 Å². The van der Waals surface area contributed by atoms with Crippen LogP contribution in [0.3, 0.4) is 0 Å². The minimum atomic E-state index is -4.86. The third-order valence-corrected chi connectivity index (χ3v) is 9.62. The van der Waals surface area contributed by atoms with E-state index in [-0.39, 0.29) is 12.8 Å². The van der Waals surface area contributed by atoms with Crippen LogP contribution < -0.4 is 0 Å². The zero-order valence-electron chi connectivity index (χ0n) is 33.5. The van der Waals surface area contributed by atoms with Crippen LogP contribution in [0.1, 0.15) is 155 Å². The Kier molecular flexibility index (Phi) is 35.2. The molecule has 0 aromatic heterocycles. The van der Waals surface area contributed by atoms with E-state index >= 15 is 0 Å². The van der Waals surface area contributed by atoms with Crippen LogP contribution in [0.25, 0.3) is 0 Å². The zero-order chi connectivity index (χ0) is 40.9. The lowest BCUT2D eigenvalue weighted by atomic mass is 10.1. The van der Waals surface area contributed by atoms with Gasteiger partial charge in [-0.25, -0.2) is 9.13 Å². The Labute approximate surface area is 330 Å². The quantitative estimate of drug-likeness (QED) is 0.0199. The number of phosphoric acid groups is 2. The summed E-state index contributed by atoms with van der Waals surface area (Å²) in [7, 11) is -9.68. The van der Waals surface area contributed by atoms with E-state index in [2.05, 4.69) is 71.5 Å². The fraction of sp³-hybridized carbons (Fsp3) is 0.750. The van der Waals surface area contributed by atoms with Crippen molar-refractivity contribution in [3.8, 4) is 0 Å². The summed E-state index contributed by atoms with van der Waals surface area (Å²) in [5.74, 6) is -1.09. The van der Waals surface area contributed by atoms with Gasteiger partial charge in [-0.2, -0.15) is 0 Å². The Bertz CT molecular complexity index is 1170. The van der Waals surface area contributed by atoms with Crippen LogP contribution in [0.4, 0.5) is 0 Å². The lowest BCUT2D eigenvalue weighted by Crippen LogP contribution is -2.30. The molecular weight excluding hydrogens is 750 g/mol. The molecule has 15 heteroatoms. The molecule has 0 radical (unpaired) electrons. The molecule has 13 nitrogen and oxygen atoms in total. The summed E-state index contributed by atoms with van der Waals surface area (Å²) < 4.78 is 47.6. The maximum atomic E-state index is 12.6. The van der Waals surface area contributed by atoms with E-state index in [1.165, 1.54) is 44.9 Å². The number of unbranched alkanes of at least 4 members (excludes halogenated alkanes) is 14. The normalized spacial score (nSPS) is 14.7. The molecule has 0 saturated heterocycles. The maximum absolute atomic E-state index is 12.6. The predicted molar refractivity (Wildman–Crippen MR) is 216 cm³/mol. The number of carbonyl (C=O) groups is 2. The van der Waals surface area contributed by atoms with Gasteiger partial charge in [0.1, 0.15) is 12.7 Å². The van der Waals surface area contributed by atoms with Gasteiger partial charge in [0, 0.05) is 12.8 Å². The molecule has 320 valence electrons. The number of phosphoric ester groups is 2. The largest absolute Gasteiger partial charge is 0.472 e. The van der Waals surface area contributed by atoms with Gasteiger partial charge in [0.25, 0.3) is 0 Å². The lowest BCUT2D eigenvalue weighted by Gasteiger charge is -2.20. The number of hydrogen-bond acceptors (Lipinski definition) is 10. The summed E-state index contributed by atoms with van der Waals surface area (Å²) in [5, 5.41) is 9.72. The highest BCUT2D eigenvalue weighted by molar-refractivity contribution is 7.47. The van der Waals surface area contributed by atoms with E-state index in [0.717, 1.165) is 70.6 Å². The summed E-state index contributed by atoms with van der Waals surface area (Å²) in [6, 6.07) is 0. The van der Waals surface area contributed by atoms with Crippen LogP contribution in [-0.4, -0.2) is 70.4 Å². The first-order valence-corrected chi connectivity index (χ1v) is 23.4. The Morgan fingerprint density at radius 2 is 0.945 bits per heavy atom. The molecule has 0 aliphatic carbocycles. The van der Waals surface area contributed by atoms with Gasteiger partial charge < -0.3 is 29.3 Å². The van der Waals surface area contributed by atoms with Gasteiger partial charge in [-0.3, -0.25) is 23.2 Å². The van der Waals surface area contributed by atoms with Crippen molar-refractivity contribution in [2.45, 2.75) is 167 Å². The second-order valence-electron chi connectivity index (χ2n) is 13.5.